The first kappa shape index (κ1) is 40.3. The van der Waals surface area contributed by atoms with Crippen molar-refractivity contribution in [2.75, 3.05) is 4.90 Å². The molecular weight excluding hydrogens is 887 g/mol. The van der Waals surface area contributed by atoms with Crippen molar-refractivity contribution in [2.24, 2.45) is 0 Å². The van der Waals surface area contributed by atoms with E-state index in [1.165, 1.54) is 55.6 Å². The Bertz CT molecular complexity index is 4310. The molecule has 3 heteroatoms. The Balaban J connectivity index is 1.02. The van der Waals surface area contributed by atoms with Crippen molar-refractivity contribution in [3.63, 3.8) is 0 Å². The topological polar surface area (TPSA) is 25.6 Å². The zero-order valence-electron chi connectivity index (χ0n) is 39.6. The fourth-order valence-corrected chi connectivity index (χ4v) is 13.5. The van der Waals surface area contributed by atoms with E-state index < -0.39 is 10.8 Å². The molecule has 0 N–H and O–H groups in total. The van der Waals surface area contributed by atoms with Crippen LogP contribution in [0.2, 0.25) is 0 Å². The Morgan fingerprint density at radius 3 is 1.52 bits per heavy atom. The maximum atomic E-state index is 7.34. The summed E-state index contributed by atoms with van der Waals surface area (Å²) >= 11 is 0. The summed E-state index contributed by atoms with van der Waals surface area (Å²) in [6.45, 7) is 0. The van der Waals surface area contributed by atoms with Crippen LogP contribution < -0.4 is 9.64 Å². The molecule has 0 atom stereocenters. The van der Waals surface area contributed by atoms with Gasteiger partial charge in [-0.3, -0.25) is 0 Å². The monoisotopic (exact) mass is 929 g/mol. The molecule has 1 aliphatic heterocycles. The summed E-state index contributed by atoms with van der Waals surface area (Å²) in [6, 6.07) is 96.0. The molecule has 0 saturated heterocycles. The van der Waals surface area contributed by atoms with E-state index in [1.807, 2.05) is 6.07 Å². The molecule has 2 heterocycles. The lowest BCUT2D eigenvalue weighted by molar-refractivity contribution is 0.447. The van der Waals surface area contributed by atoms with Crippen molar-refractivity contribution in [1.82, 2.24) is 0 Å². The highest BCUT2D eigenvalue weighted by Gasteiger charge is 2.53. The predicted molar refractivity (Wildman–Crippen MR) is 298 cm³/mol. The van der Waals surface area contributed by atoms with Gasteiger partial charge in [-0.05, 0) is 97.2 Å². The molecule has 1 aromatic heterocycles. The first-order valence-electron chi connectivity index (χ1n) is 25.2. The quantitative estimate of drug-likeness (QED) is 0.172. The first-order valence-corrected chi connectivity index (χ1v) is 25.2. The van der Waals surface area contributed by atoms with Crippen LogP contribution in [0.25, 0.3) is 65.7 Å². The van der Waals surface area contributed by atoms with Crippen LogP contribution in [0.5, 0.6) is 11.5 Å². The van der Waals surface area contributed by atoms with Crippen LogP contribution >= 0.6 is 0 Å². The number of fused-ring (bicyclic) bond motifs is 19. The van der Waals surface area contributed by atoms with Gasteiger partial charge in [-0.25, -0.2) is 0 Å². The second-order valence-electron chi connectivity index (χ2n) is 19.8. The zero-order valence-corrected chi connectivity index (χ0v) is 39.6. The summed E-state index contributed by atoms with van der Waals surface area (Å²) in [5, 5.41) is 6.69. The van der Waals surface area contributed by atoms with E-state index in [1.54, 1.807) is 0 Å². The zero-order chi connectivity index (χ0) is 47.8. The van der Waals surface area contributed by atoms with Crippen LogP contribution in [0.15, 0.2) is 265 Å². The van der Waals surface area contributed by atoms with Gasteiger partial charge in [0.05, 0.1) is 16.5 Å². The summed E-state index contributed by atoms with van der Waals surface area (Å²) in [6.07, 6.45) is 0. The molecular formula is C70H43NO2. The molecule has 0 radical (unpaired) electrons. The summed E-state index contributed by atoms with van der Waals surface area (Å²) in [7, 11) is 0. The van der Waals surface area contributed by atoms with E-state index in [0.717, 1.165) is 83.2 Å². The lowest BCUT2D eigenvalue weighted by atomic mass is 9.65. The molecule has 0 saturated carbocycles. The van der Waals surface area contributed by atoms with Gasteiger partial charge in [-0.15, -0.1) is 0 Å². The highest BCUT2D eigenvalue weighted by Crippen LogP contribution is 2.66. The average Bonchev–Trinajstić information content (AvgIpc) is 4.15. The summed E-state index contributed by atoms with van der Waals surface area (Å²) < 4.78 is 14.1. The van der Waals surface area contributed by atoms with Crippen LogP contribution in [0, 0.1) is 0 Å². The fourth-order valence-electron chi connectivity index (χ4n) is 13.5. The number of rotatable bonds is 5. The summed E-state index contributed by atoms with van der Waals surface area (Å²) in [4.78, 5) is 2.49. The fraction of sp³-hybridized carbons (Fsp3) is 0.0286. The largest absolute Gasteiger partial charge is 0.456 e. The van der Waals surface area contributed by atoms with Gasteiger partial charge in [0.1, 0.15) is 22.7 Å². The van der Waals surface area contributed by atoms with Crippen LogP contribution in [-0.2, 0) is 10.8 Å². The van der Waals surface area contributed by atoms with Crippen molar-refractivity contribution in [2.45, 2.75) is 10.8 Å². The summed E-state index contributed by atoms with van der Waals surface area (Å²) in [5.74, 6) is 1.80. The minimum absolute atomic E-state index is 0.588. The van der Waals surface area contributed by atoms with Crippen molar-refractivity contribution in [1.29, 1.82) is 0 Å². The van der Waals surface area contributed by atoms with Gasteiger partial charge >= 0.3 is 0 Å². The Labute approximate surface area is 422 Å². The smallest absolute Gasteiger partial charge is 0.140 e. The van der Waals surface area contributed by atoms with E-state index in [2.05, 4.69) is 260 Å². The van der Waals surface area contributed by atoms with Gasteiger partial charge in [-0.2, -0.15) is 0 Å². The lowest BCUT2D eigenvalue weighted by Crippen LogP contribution is -2.32. The molecule has 2 aliphatic carbocycles. The number of ether oxygens (including phenoxy) is 1. The molecule has 16 rings (SSSR count). The number of anilines is 3. The molecule has 340 valence electrons. The number of furan rings is 1. The number of para-hydroxylation sites is 1. The van der Waals surface area contributed by atoms with Crippen LogP contribution in [0.1, 0.15) is 44.5 Å². The second-order valence-corrected chi connectivity index (χ2v) is 19.8. The third kappa shape index (κ3) is 5.33. The van der Waals surface area contributed by atoms with Crippen molar-refractivity contribution >= 4 is 60.5 Å². The molecule has 0 fully saturated rings. The minimum Gasteiger partial charge on any atom is -0.456 e. The van der Waals surface area contributed by atoms with Gasteiger partial charge in [0, 0.05) is 55.7 Å². The molecule has 12 aromatic carbocycles. The Hall–Kier alpha value is -9.44. The van der Waals surface area contributed by atoms with Crippen molar-refractivity contribution in [3.05, 3.63) is 305 Å². The van der Waals surface area contributed by atoms with Crippen LogP contribution in [-0.4, -0.2) is 0 Å². The Morgan fingerprint density at radius 2 is 0.822 bits per heavy atom. The van der Waals surface area contributed by atoms with Crippen LogP contribution in [0.3, 0.4) is 0 Å². The third-order valence-corrected chi connectivity index (χ3v) is 16.4. The first-order chi connectivity index (χ1) is 36.2. The van der Waals surface area contributed by atoms with E-state index in [-0.39, 0.29) is 0 Å². The molecule has 3 aliphatic rings. The lowest BCUT2D eigenvalue weighted by Gasteiger charge is -2.40. The number of hydrogen-bond donors (Lipinski definition) is 0. The van der Waals surface area contributed by atoms with Gasteiger partial charge < -0.3 is 14.1 Å². The molecule has 13 aromatic rings. The van der Waals surface area contributed by atoms with Crippen molar-refractivity contribution in [3.8, 4) is 33.8 Å². The van der Waals surface area contributed by atoms with Gasteiger partial charge in [-0.1, -0.05) is 218 Å². The highest BCUT2D eigenvalue weighted by molar-refractivity contribution is 6.08. The standard InChI is InChI=1S/C70H43NO2/c1-3-20-46(21-4-1)69(47-22-5-2-6-23-47)57-29-14-11-26-52(57)53-38-36-48(42-62(53)69)71(49-37-39-55-54-27-13-16-33-64(54)72-65(55)43-49)63-32-17-31-59-66(63)56-28-12-15-30-58(56)70(59)60-40-34-44-18-7-9-24-50(44)67(60)73-68-51-25-10-8-19-45(51)35-41-61(68)70/h1-43H. The second kappa shape index (κ2) is 15.0. The summed E-state index contributed by atoms with van der Waals surface area (Å²) in [5.41, 5.74) is 18.1. The molecule has 0 bridgehead atoms. The predicted octanol–water partition coefficient (Wildman–Crippen LogP) is 18.2. The van der Waals surface area contributed by atoms with E-state index in [4.69, 9.17) is 9.15 Å². The van der Waals surface area contributed by atoms with Gasteiger partial charge in [0.15, 0.2) is 0 Å². The molecule has 0 amide bonds. The minimum atomic E-state index is -0.720. The van der Waals surface area contributed by atoms with E-state index in [9.17, 15) is 0 Å². The van der Waals surface area contributed by atoms with Gasteiger partial charge in [0.2, 0.25) is 0 Å². The molecule has 1 spiro atoms. The SMILES string of the molecule is c1ccc(C2(c3ccccc3)c3ccccc3-c3ccc(N(c4ccc5c(c4)oc4ccccc45)c4cccc5c4-c4ccccc4C54c5ccc6ccccc6c5Oc5c4ccc4ccccc54)cc32)cc1. The molecule has 73 heavy (non-hydrogen) atoms. The van der Waals surface area contributed by atoms with Gasteiger partial charge in [0.25, 0.3) is 0 Å². The van der Waals surface area contributed by atoms with Crippen molar-refractivity contribution < 1.29 is 9.15 Å². The Morgan fingerprint density at radius 1 is 0.301 bits per heavy atom. The Kier molecular flexibility index (Phi) is 8.30. The maximum Gasteiger partial charge on any atom is 0.140 e. The number of hydrogen-bond acceptors (Lipinski definition) is 3. The number of nitrogens with zero attached hydrogens (tertiary/aromatic N) is 1. The third-order valence-electron chi connectivity index (χ3n) is 16.4. The average molecular weight is 930 g/mol. The van der Waals surface area contributed by atoms with Crippen LogP contribution in [0.4, 0.5) is 17.1 Å². The molecule has 0 unspecified atom stereocenters. The highest BCUT2D eigenvalue weighted by atomic mass is 16.5. The normalized spacial score (nSPS) is 14.1. The number of benzene rings is 12. The van der Waals surface area contributed by atoms with E-state index in [0.29, 0.717) is 0 Å². The van der Waals surface area contributed by atoms with E-state index >= 15 is 0 Å². The molecule has 3 nitrogen and oxygen atoms in total. The maximum absolute atomic E-state index is 7.34.